The second kappa shape index (κ2) is 6.16. The number of ketones is 1. The average Bonchev–Trinajstić information content (AvgIpc) is 2.48. The van der Waals surface area contributed by atoms with Gasteiger partial charge >= 0.3 is 0 Å². The van der Waals surface area contributed by atoms with Crippen LogP contribution >= 0.6 is 0 Å². The Balaban J connectivity index is 2.18. The van der Waals surface area contributed by atoms with E-state index in [-0.39, 0.29) is 5.78 Å². The molecule has 2 aromatic carbocycles. The molecule has 98 valence electrons. The van der Waals surface area contributed by atoms with Crippen molar-refractivity contribution in [2.45, 2.75) is 6.61 Å². The summed E-state index contributed by atoms with van der Waals surface area (Å²) < 4.78 is 10.1. The Bertz CT molecular complexity index is 541. The fourth-order valence-corrected chi connectivity index (χ4v) is 1.83. The molecule has 0 unspecified atom stereocenters. The molecule has 0 amide bonds. The quantitative estimate of drug-likeness (QED) is 0.771. The van der Waals surface area contributed by atoms with Crippen LogP contribution < -0.4 is 4.74 Å². The summed E-state index contributed by atoms with van der Waals surface area (Å²) in [5, 5.41) is 0. The molecular weight excluding hydrogens is 240 g/mol. The summed E-state index contributed by atoms with van der Waals surface area (Å²) in [7, 11) is 3.25. The lowest BCUT2D eigenvalue weighted by molar-refractivity contribution is 0.103. The summed E-state index contributed by atoms with van der Waals surface area (Å²) in [6.07, 6.45) is 0. The predicted octanol–water partition coefficient (Wildman–Crippen LogP) is 3.07. The fourth-order valence-electron chi connectivity index (χ4n) is 1.83. The number of rotatable bonds is 5. The highest BCUT2D eigenvalue weighted by Gasteiger charge is 2.08. The van der Waals surface area contributed by atoms with Crippen LogP contribution in [0.4, 0.5) is 0 Å². The molecule has 0 aliphatic heterocycles. The summed E-state index contributed by atoms with van der Waals surface area (Å²) in [5.74, 6) is 0.749. The lowest BCUT2D eigenvalue weighted by atomic mass is 10.0. The molecule has 0 saturated heterocycles. The van der Waals surface area contributed by atoms with Crippen LogP contribution in [0, 0.1) is 0 Å². The van der Waals surface area contributed by atoms with E-state index in [4.69, 9.17) is 9.47 Å². The van der Waals surface area contributed by atoms with Crippen molar-refractivity contribution < 1.29 is 14.3 Å². The summed E-state index contributed by atoms with van der Waals surface area (Å²) in [4.78, 5) is 12.2. The summed E-state index contributed by atoms with van der Waals surface area (Å²) in [6.45, 7) is 0.553. The first-order valence-corrected chi connectivity index (χ1v) is 6.01. The Kier molecular flexibility index (Phi) is 4.31. The van der Waals surface area contributed by atoms with Gasteiger partial charge < -0.3 is 9.47 Å². The molecule has 0 saturated carbocycles. The third-order valence-electron chi connectivity index (χ3n) is 2.88. The molecule has 0 heterocycles. The van der Waals surface area contributed by atoms with Gasteiger partial charge in [0.1, 0.15) is 5.75 Å². The lowest BCUT2D eigenvalue weighted by Gasteiger charge is -2.04. The minimum Gasteiger partial charge on any atom is -0.497 e. The predicted molar refractivity (Wildman–Crippen MR) is 73.6 cm³/mol. The van der Waals surface area contributed by atoms with E-state index in [2.05, 4.69) is 0 Å². The first kappa shape index (κ1) is 13.3. The summed E-state index contributed by atoms with van der Waals surface area (Å²) in [5.41, 5.74) is 2.37. The van der Waals surface area contributed by atoms with E-state index in [9.17, 15) is 4.79 Å². The molecule has 0 aromatic heterocycles. The molecule has 0 fully saturated rings. The average molecular weight is 256 g/mol. The number of benzene rings is 2. The van der Waals surface area contributed by atoms with Crippen molar-refractivity contribution in [3.63, 3.8) is 0 Å². The van der Waals surface area contributed by atoms with E-state index in [1.807, 2.05) is 24.3 Å². The zero-order valence-corrected chi connectivity index (χ0v) is 11.1. The Hall–Kier alpha value is -2.13. The van der Waals surface area contributed by atoms with Crippen molar-refractivity contribution in [1.82, 2.24) is 0 Å². The monoisotopic (exact) mass is 256 g/mol. The van der Waals surface area contributed by atoms with Crippen LogP contribution in [-0.2, 0) is 11.3 Å². The molecule has 3 heteroatoms. The molecule has 2 aromatic rings. The second-order valence-corrected chi connectivity index (χ2v) is 4.19. The van der Waals surface area contributed by atoms with Crippen LogP contribution in [0.3, 0.4) is 0 Å². The first-order chi connectivity index (χ1) is 9.24. The van der Waals surface area contributed by atoms with Gasteiger partial charge in [-0.15, -0.1) is 0 Å². The van der Waals surface area contributed by atoms with E-state index in [1.165, 1.54) is 0 Å². The zero-order chi connectivity index (χ0) is 13.7. The van der Waals surface area contributed by atoms with Crippen LogP contribution in [0.5, 0.6) is 5.75 Å². The summed E-state index contributed by atoms with van der Waals surface area (Å²) >= 11 is 0. The molecule has 0 bridgehead atoms. The molecule has 0 aliphatic rings. The lowest BCUT2D eigenvalue weighted by Crippen LogP contribution is -2.01. The van der Waals surface area contributed by atoms with Gasteiger partial charge in [-0.3, -0.25) is 4.79 Å². The van der Waals surface area contributed by atoms with Crippen LogP contribution in [0.15, 0.2) is 48.5 Å². The Morgan fingerprint density at radius 3 is 1.89 bits per heavy atom. The van der Waals surface area contributed by atoms with Gasteiger partial charge in [-0.05, 0) is 29.8 Å². The van der Waals surface area contributed by atoms with E-state index >= 15 is 0 Å². The minimum absolute atomic E-state index is 0.00613. The van der Waals surface area contributed by atoms with Gasteiger partial charge in [-0.2, -0.15) is 0 Å². The van der Waals surface area contributed by atoms with Gasteiger partial charge in [0.2, 0.25) is 0 Å². The smallest absolute Gasteiger partial charge is 0.193 e. The van der Waals surface area contributed by atoms with Crippen molar-refractivity contribution in [1.29, 1.82) is 0 Å². The molecule has 2 rings (SSSR count). The number of carbonyl (C=O) groups is 1. The van der Waals surface area contributed by atoms with Crippen molar-refractivity contribution >= 4 is 5.78 Å². The Morgan fingerprint density at radius 1 is 0.895 bits per heavy atom. The largest absolute Gasteiger partial charge is 0.497 e. The van der Waals surface area contributed by atoms with Crippen molar-refractivity contribution in [3.05, 3.63) is 65.2 Å². The van der Waals surface area contributed by atoms with Crippen molar-refractivity contribution in [3.8, 4) is 5.75 Å². The minimum atomic E-state index is 0.00613. The van der Waals surface area contributed by atoms with E-state index in [0.29, 0.717) is 17.7 Å². The highest BCUT2D eigenvalue weighted by atomic mass is 16.5. The normalized spacial score (nSPS) is 10.2. The standard InChI is InChI=1S/C16H16O3/c1-18-11-12-3-5-13(6-4-12)16(17)14-7-9-15(19-2)10-8-14/h3-10H,11H2,1-2H3. The zero-order valence-electron chi connectivity index (χ0n) is 11.1. The molecular formula is C16H16O3. The third-order valence-corrected chi connectivity index (χ3v) is 2.88. The van der Waals surface area contributed by atoms with Crippen LogP contribution in [0.2, 0.25) is 0 Å². The van der Waals surface area contributed by atoms with Crippen molar-refractivity contribution in [2.75, 3.05) is 14.2 Å². The number of carbonyl (C=O) groups excluding carboxylic acids is 1. The number of hydrogen-bond acceptors (Lipinski definition) is 3. The Morgan fingerprint density at radius 2 is 1.42 bits per heavy atom. The Labute approximate surface area is 112 Å². The van der Waals surface area contributed by atoms with E-state index in [0.717, 1.165) is 11.3 Å². The molecule has 0 spiro atoms. The molecule has 0 radical (unpaired) electrons. The summed E-state index contributed by atoms with van der Waals surface area (Å²) in [6, 6.07) is 14.6. The molecule has 0 atom stereocenters. The topological polar surface area (TPSA) is 35.5 Å². The molecule has 0 aliphatic carbocycles. The van der Waals surface area contributed by atoms with Crippen molar-refractivity contribution in [2.24, 2.45) is 0 Å². The number of hydrogen-bond donors (Lipinski definition) is 0. The maximum atomic E-state index is 12.2. The maximum absolute atomic E-state index is 12.2. The highest BCUT2D eigenvalue weighted by molar-refractivity contribution is 6.09. The first-order valence-electron chi connectivity index (χ1n) is 6.01. The molecule has 3 nitrogen and oxygen atoms in total. The number of methoxy groups -OCH3 is 2. The van der Waals surface area contributed by atoms with Gasteiger partial charge in [0.05, 0.1) is 13.7 Å². The maximum Gasteiger partial charge on any atom is 0.193 e. The van der Waals surface area contributed by atoms with E-state index in [1.54, 1.807) is 38.5 Å². The van der Waals surface area contributed by atoms with E-state index < -0.39 is 0 Å². The molecule has 0 N–H and O–H groups in total. The van der Waals surface area contributed by atoms with Gasteiger partial charge in [0, 0.05) is 18.2 Å². The number of ether oxygens (including phenoxy) is 2. The van der Waals surface area contributed by atoms with Gasteiger partial charge in [0.25, 0.3) is 0 Å². The van der Waals surface area contributed by atoms with Gasteiger partial charge in [-0.1, -0.05) is 24.3 Å². The highest BCUT2D eigenvalue weighted by Crippen LogP contribution is 2.15. The van der Waals surface area contributed by atoms with Gasteiger partial charge in [-0.25, -0.2) is 0 Å². The van der Waals surface area contributed by atoms with Gasteiger partial charge in [0.15, 0.2) is 5.78 Å². The van der Waals surface area contributed by atoms with Crippen LogP contribution in [0.25, 0.3) is 0 Å². The SMILES string of the molecule is COCc1ccc(C(=O)c2ccc(OC)cc2)cc1. The van der Waals surface area contributed by atoms with Crippen LogP contribution in [-0.4, -0.2) is 20.0 Å². The molecule has 19 heavy (non-hydrogen) atoms. The second-order valence-electron chi connectivity index (χ2n) is 4.19. The fraction of sp³-hybridized carbons (Fsp3) is 0.188. The third kappa shape index (κ3) is 3.20. The van der Waals surface area contributed by atoms with Crippen LogP contribution in [0.1, 0.15) is 21.5 Å².